The fourth-order valence-corrected chi connectivity index (χ4v) is 1.84. The first-order valence-electron chi connectivity index (χ1n) is 5.49. The number of rotatable bonds is 2. The van der Waals surface area contributed by atoms with E-state index in [9.17, 15) is 4.39 Å². The third-order valence-electron chi connectivity index (χ3n) is 2.69. The number of ether oxygens (including phenoxy) is 1. The van der Waals surface area contributed by atoms with Crippen molar-refractivity contribution in [1.29, 1.82) is 5.26 Å². The Morgan fingerprint density at radius 1 is 1.29 bits per heavy atom. The Hall–Kier alpha value is -1.86. The minimum absolute atomic E-state index is 0.271. The average Bonchev–Trinajstić information content (AvgIpc) is 2.38. The van der Waals surface area contributed by atoms with Crippen LogP contribution in [0.25, 0.3) is 5.70 Å². The zero-order valence-corrected chi connectivity index (χ0v) is 9.40. The van der Waals surface area contributed by atoms with Gasteiger partial charge in [-0.15, -0.1) is 0 Å². The number of allylic oxidation sites excluding steroid dienone is 1. The molecule has 0 saturated carbocycles. The van der Waals surface area contributed by atoms with Gasteiger partial charge in [0.25, 0.3) is 0 Å². The molecule has 0 amide bonds. The summed E-state index contributed by atoms with van der Waals surface area (Å²) in [5.74, 6) is -0.271. The lowest BCUT2D eigenvalue weighted by Gasteiger charge is -2.30. The van der Waals surface area contributed by atoms with Gasteiger partial charge in [-0.3, -0.25) is 0 Å². The average molecular weight is 232 g/mol. The maximum absolute atomic E-state index is 12.9. The van der Waals surface area contributed by atoms with Crippen LogP contribution in [-0.4, -0.2) is 31.2 Å². The minimum atomic E-state index is -0.271. The van der Waals surface area contributed by atoms with Crippen molar-refractivity contribution in [2.24, 2.45) is 0 Å². The molecule has 2 rings (SSSR count). The highest BCUT2D eigenvalue weighted by atomic mass is 19.1. The van der Waals surface area contributed by atoms with E-state index in [1.807, 2.05) is 6.07 Å². The summed E-state index contributed by atoms with van der Waals surface area (Å²) in [4.78, 5) is 2.08. The first-order chi connectivity index (χ1) is 8.31. The molecular formula is C13H13FN2O. The second kappa shape index (κ2) is 5.46. The van der Waals surface area contributed by atoms with Gasteiger partial charge >= 0.3 is 0 Å². The smallest absolute Gasteiger partial charge is 0.123 e. The van der Waals surface area contributed by atoms with E-state index >= 15 is 0 Å². The van der Waals surface area contributed by atoms with Crippen LogP contribution in [0.1, 0.15) is 5.56 Å². The largest absolute Gasteiger partial charge is 0.378 e. The molecule has 0 radical (unpaired) electrons. The SMILES string of the molecule is N#CC=C(c1ccc(F)cc1)N1CCOCC1. The maximum Gasteiger partial charge on any atom is 0.123 e. The molecule has 17 heavy (non-hydrogen) atoms. The Bertz CT molecular complexity index is 441. The standard InChI is InChI=1S/C13H13FN2O/c14-12-3-1-11(2-4-12)13(5-6-15)16-7-9-17-10-8-16/h1-5H,7-10H2. The van der Waals surface area contributed by atoms with E-state index in [0.29, 0.717) is 13.2 Å². The molecule has 1 heterocycles. The minimum Gasteiger partial charge on any atom is -0.378 e. The lowest BCUT2D eigenvalue weighted by Crippen LogP contribution is -2.34. The second-order valence-electron chi connectivity index (χ2n) is 3.76. The molecule has 0 spiro atoms. The van der Waals surface area contributed by atoms with E-state index in [2.05, 4.69) is 4.90 Å². The van der Waals surface area contributed by atoms with Crippen molar-refractivity contribution < 1.29 is 9.13 Å². The first kappa shape index (κ1) is 11.6. The quantitative estimate of drug-likeness (QED) is 0.732. The molecular weight excluding hydrogens is 219 g/mol. The number of halogens is 1. The fraction of sp³-hybridized carbons (Fsp3) is 0.308. The van der Waals surface area contributed by atoms with Crippen LogP contribution in [-0.2, 0) is 4.74 Å². The number of hydrogen-bond donors (Lipinski definition) is 0. The fourth-order valence-electron chi connectivity index (χ4n) is 1.84. The van der Waals surface area contributed by atoms with Crippen LogP contribution in [0, 0.1) is 17.1 Å². The van der Waals surface area contributed by atoms with Gasteiger partial charge in [-0.2, -0.15) is 5.26 Å². The molecule has 1 fully saturated rings. The normalized spacial score (nSPS) is 16.7. The Morgan fingerprint density at radius 3 is 2.53 bits per heavy atom. The number of nitriles is 1. The van der Waals surface area contributed by atoms with Gasteiger partial charge in [-0.25, -0.2) is 4.39 Å². The van der Waals surface area contributed by atoms with Crippen LogP contribution in [0.3, 0.4) is 0 Å². The lowest BCUT2D eigenvalue weighted by atomic mass is 10.1. The van der Waals surface area contributed by atoms with Crippen molar-refractivity contribution in [3.8, 4) is 6.07 Å². The van der Waals surface area contributed by atoms with Gasteiger partial charge in [0.2, 0.25) is 0 Å². The molecule has 4 heteroatoms. The highest BCUT2D eigenvalue weighted by Crippen LogP contribution is 2.20. The zero-order chi connectivity index (χ0) is 12.1. The molecule has 1 saturated heterocycles. The summed E-state index contributed by atoms with van der Waals surface area (Å²) in [6.45, 7) is 2.82. The van der Waals surface area contributed by atoms with E-state index in [0.717, 1.165) is 24.4 Å². The van der Waals surface area contributed by atoms with Gasteiger partial charge in [-0.1, -0.05) is 0 Å². The molecule has 1 aliphatic heterocycles. The first-order valence-corrected chi connectivity index (χ1v) is 5.49. The van der Waals surface area contributed by atoms with Crippen molar-refractivity contribution in [2.45, 2.75) is 0 Å². The Balaban J connectivity index is 2.26. The highest BCUT2D eigenvalue weighted by Gasteiger charge is 2.15. The van der Waals surface area contributed by atoms with Gasteiger partial charge in [0, 0.05) is 19.2 Å². The van der Waals surface area contributed by atoms with Gasteiger partial charge in [0.15, 0.2) is 0 Å². The summed E-state index contributed by atoms with van der Waals surface area (Å²) in [5.41, 5.74) is 1.69. The van der Waals surface area contributed by atoms with Gasteiger partial charge in [0.05, 0.1) is 25.0 Å². The van der Waals surface area contributed by atoms with Crippen LogP contribution >= 0.6 is 0 Å². The Morgan fingerprint density at radius 2 is 1.94 bits per heavy atom. The molecule has 0 aliphatic carbocycles. The molecule has 0 N–H and O–H groups in total. The summed E-state index contributed by atoms with van der Waals surface area (Å²) < 4.78 is 18.1. The lowest BCUT2D eigenvalue weighted by molar-refractivity contribution is 0.0640. The molecule has 0 aromatic heterocycles. The van der Waals surface area contributed by atoms with Crippen molar-refractivity contribution in [1.82, 2.24) is 4.90 Å². The number of nitrogens with zero attached hydrogens (tertiary/aromatic N) is 2. The third kappa shape index (κ3) is 2.83. The predicted molar refractivity (Wildman–Crippen MR) is 62.4 cm³/mol. The van der Waals surface area contributed by atoms with Crippen LogP contribution in [0.2, 0.25) is 0 Å². The van der Waals surface area contributed by atoms with Crippen LogP contribution in [0.15, 0.2) is 30.3 Å². The van der Waals surface area contributed by atoms with Gasteiger partial charge in [-0.05, 0) is 29.8 Å². The van der Waals surface area contributed by atoms with E-state index in [-0.39, 0.29) is 5.82 Å². The summed E-state index contributed by atoms with van der Waals surface area (Å²) in [5, 5.41) is 8.82. The molecule has 1 aliphatic rings. The maximum atomic E-state index is 12.9. The number of hydrogen-bond acceptors (Lipinski definition) is 3. The number of benzene rings is 1. The van der Waals surface area contributed by atoms with Crippen LogP contribution in [0.5, 0.6) is 0 Å². The summed E-state index contributed by atoms with van der Waals surface area (Å²) in [6, 6.07) is 8.22. The van der Waals surface area contributed by atoms with E-state index in [1.165, 1.54) is 18.2 Å². The molecule has 0 unspecified atom stereocenters. The van der Waals surface area contributed by atoms with Crippen molar-refractivity contribution in [2.75, 3.05) is 26.3 Å². The highest BCUT2D eigenvalue weighted by molar-refractivity contribution is 5.66. The third-order valence-corrected chi connectivity index (χ3v) is 2.69. The van der Waals surface area contributed by atoms with E-state index in [1.54, 1.807) is 12.1 Å². The predicted octanol–water partition coefficient (Wildman–Crippen LogP) is 2.02. The molecule has 0 bridgehead atoms. The number of morpholine rings is 1. The summed E-state index contributed by atoms with van der Waals surface area (Å²) in [6.07, 6.45) is 1.50. The molecule has 1 aromatic rings. The van der Waals surface area contributed by atoms with Crippen molar-refractivity contribution in [3.05, 3.63) is 41.7 Å². The molecule has 1 aromatic carbocycles. The molecule has 0 atom stereocenters. The van der Waals surface area contributed by atoms with Crippen LogP contribution in [0.4, 0.5) is 4.39 Å². The Kier molecular flexibility index (Phi) is 3.73. The zero-order valence-electron chi connectivity index (χ0n) is 9.40. The molecule has 88 valence electrons. The topological polar surface area (TPSA) is 36.3 Å². The molecule has 3 nitrogen and oxygen atoms in total. The monoisotopic (exact) mass is 232 g/mol. The van der Waals surface area contributed by atoms with Gasteiger partial charge < -0.3 is 9.64 Å². The van der Waals surface area contributed by atoms with E-state index < -0.39 is 0 Å². The summed E-state index contributed by atoms with van der Waals surface area (Å²) in [7, 11) is 0. The van der Waals surface area contributed by atoms with Crippen molar-refractivity contribution in [3.63, 3.8) is 0 Å². The van der Waals surface area contributed by atoms with Crippen molar-refractivity contribution >= 4 is 5.70 Å². The van der Waals surface area contributed by atoms with Crippen LogP contribution < -0.4 is 0 Å². The Labute approximate surface area is 99.7 Å². The second-order valence-corrected chi connectivity index (χ2v) is 3.76. The van der Waals surface area contributed by atoms with E-state index in [4.69, 9.17) is 10.00 Å². The summed E-state index contributed by atoms with van der Waals surface area (Å²) >= 11 is 0. The van der Waals surface area contributed by atoms with Gasteiger partial charge in [0.1, 0.15) is 5.82 Å².